The largest absolute Gasteiger partial charge is 0.545 e. The summed E-state index contributed by atoms with van der Waals surface area (Å²) >= 11 is 0. The first-order valence-corrected chi connectivity index (χ1v) is 2.74. The van der Waals surface area contributed by atoms with E-state index in [1.807, 2.05) is 0 Å². The van der Waals surface area contributed by atoms with Crippen molar-refractivity contribution in [1.82, 2.24) is 0 Å². The summed E-state index contributed by atoms with van der Waals surface area (Å²) in [6.07, 6.45) is 0. The van der Waals surface area contributed by atoms with Gasteiger partial charge in [-0.25, -0.2) is 9.32 Å². The van der Waals surface area contributed by atoms with Gasteiger partial charge >= 0.3 is 14.7 Å². The Morgan fingerprint density at radius 3 is 2.38 bits per heavy atom. The van der Waals surface area contributed by atoms with Crippen LogP contribution < -0.4 is 0 Å². The van der Waals surface area contributed by atoms with Crippen LogP contribution in [0.2, 0.25) is 0 Å². The number of carbonyl (C=O) groups is 1. The summed E-state index contributed by atoms with van der Waals surface area (Å²) in [5, 5.41) is 0. The van der Waals surface area contributed by atoms with Crippen LogP contribution in [0.3, 0.4) is 0 Å². The van der Waals surface area contributed by atoms with Gasteiger partial charge < -0.3 is 0 Å². The highest BCUT2D eigenvalue weighted by Gasteiger charge is 2.05. The van der Waals surface area contributed by atoms with Crippen LogP contribution in [0.5, 0.6) is 0 Å². The molecule has 3 nitrogen and oxygen atoms in total. The first kappa shape index (κ1) is 7.31. The van der Waals surface area contributed by atoms with Gasteiger partial charge in [0, 0.05) is 5.57 Å². The lowest BCUT2D eigenvalue weighted by molar-refractivity contribution is -0.129. The van der Waals surface area contributed by atoms with Crippen LogP contribution in [0.4, 0.5) is 0 Å². The van der Waals surface area contributed by atoms with Gasteiger partial charge in [-0.3, -0.25) is 0 Å². The van der Waals surface area contributed by atoms with Crippen LogP contribution in [-0.2, 0) is 13.9 Å². The van der Waals surface area contributed by atoms with E-state index in [-0.39, 0.29) is 5.57 Å². The molecule has 0 aromatic carbocycles. The van der Waals surface area contributed by atoms with Crippen molar-refractivity contribution in [3.05, 3.63) is 12.2 Å². The van der Waals surface area contributed by atoms with Gasteiger partial charge in [-0.1, -0.05) is 6.58 Å². The summed E-state index contributed by atoms with van der Waals surface area (Å²) in [6, 6.07) is 0. The van der Waals surface area contributed by atoms with E-state index in [9.17, 15) is 9.36 Å². The molecule has 0 aromatic rings. The fourth-order valence-electron chi connectivity index (χ4n) is 0.125. The average Bonchev–Trinajstić information content (AvgIpc) is 1.67. The third kappa shape index (κ3) is 2.48. The Kier molecular flexibility index (Phi) is 3.04. The molecule has 0 amide bonds. The second-order valence-electron chi connectivity index (χ2n) is 1.25. The summed E-state index contributed by atoms with van der Waals surface area (Å²) in [5.41, 5.74) is 0.258. The summed E-state index contributed by atoms with van der Waals surface area (Å²) in [6.45, 7) is 4.75. The lowest BCUT2D eigenvalue weighted by Gasteiger charge is -1.82. The topological polar surface area (TPSA) is 43.4 Å². The Hall–Kier alpha value is -0.690. The van der Waals surface area contributed by atoms with Crippen LogP contribution in [0, 0.1) is 0 Å². The van der Waals surface area contributed by atoms with Crippen molar-refractivity contribution < 1.29 is 13.9 Å². The predicted octanol–water partition coefficient (Wildman–Crippen LogP) is 1.04. The Bertz CT molecular complexity index is 129. The molecule has 8 heavy (non-hydrogen) atoms. The summed E-state index contributed by atoms with van der Waals surface area (Å²) in [5.74, 6) is -0.613. The zero-order chi connectivity index (χ0) is 6.57. The van der Waals surface area contributed by atoms with Gasteiger partial charge in [0.2, 0.25) is 0 Å². The molecular weight excluding hydrogens is 127 g/mol. The molecule has 0 rings (SSSR count). The SMILES string of the molecule is C=C(C)C(=O)O[PH+]=O. The maximum atomic E-state index is 10.2. The molecule has 0 aliphatic heterocycles. The van der Waals surface area contributed by atoms with Crippen LogP contribution >= 0.6 is 8.69 Å². The molecule has 0 aliphatic carbocycles. The van der Waals surface area contributed by atoms with Crippen LogP contribution in [0.25, 0.3) is 0 Å². The molecular formula is C4H6O3P+. The smallest absolute Gasteiger partial charge is 0.241 e. The van der Waals surface area contributed by atoms with E-state index >= 15 is 0 Å². The summed E-state index contributed by atoms with van der Waals surface area (Å²) in [7, 11) is -1.03. The quantitative estimate of drug-likeness (QED) is 0.417. The van der Waals surface area contributed by atoms with Gasteiger partial charge in [0.1, 0.15) is 0 Å². The first-order chi connectivity index (χ1) is 3.68. The van der Waals surface area contributed by atoms with E-state index in [2.05, 4.69) is 11.1 Å². The average molecular weight is 133 g/mol. The van der Waals surface area contributed by atoms with E-state index in [0.717, 1.165) is 0 Å². The van der Waals surface area contributed by atoms with E-state index < -0.39 is 14.7 Å². The van der Waals surface area contributed by atoms with E-state index in [1.54, 1.807) is 0 Å². The van der Waals surface area contributed by atoms with Crippen LogP contribution in [0.1, 0.15) is 6.92 Å². The lowest BCUT2D eigenvalue weighted by Crippen LogP contribution is -1.95. The number of hydrogen-bond acceptors (Lipinski definition) is 3. The van der Waals surface area contributed by atoms with Gasteiger partial charge in [-0.15, -0.1) is 0 Å². The second kappa shape index (κ2) is 3.33. The van der Waals surface area contributed by atoms with Crippen molar-refractivity contribution >= 4 is 14.7 Å². The Morgan fingerprint density at radius 1 is 1.75 bits per heavy atom. The number of rotatable bonds is 2. The van der Waals surface area contributed by atoms with Crippen molar-refractivity contribution in [2.24, 2.45) is 0 Å². The maximum Gasteiger partial charge on any atom is 0.545 e. The fraction of sp³-hybridized carbons (Fsp3) is 0.250. The molecule has 0 N–H and O–H groups in total. The standard InChI is InChI=1S/C4H6O3P/c1-3(2)4(5)7-8-6/h8H,1H2,2H3/q+1. The predicted molar refractivity (Wildman–Crippen MR) is 29.9 cm³/mol. The Labute approximate surface area is 48.6 Å². The summed E-state index contributed by atoms with van der Waals surface area (Å²) in [4.78, 5) is 10.2. The van der Waals surface area contributed by atoms with Crippen molar-refractivity contribution in [3.8, 4) is 0 Å². The lowest BCUT2D eigenvalue weighted by atomic mass is 10.4. The van der Waals surface area contributed by atoms with E-state index in [1.165, 1.54) is 6.92 Å². The molecule has 0 fully saturated rings. The molecule has 0 heterocycles. The van der Waals surface area contributed by atoms with Crippen molar-refractivity contribution in [3.63, 3.8) is 0 Å². The highest BCUT2D eigenvalue weighted by atomic mass is 31.1. The highest BCUT2D eigenvalue weighted by molar-refractivity contribution is 7.18. The van der Waals surface area contributed by atoms with Gasteiger partial charge in [0.15, 0.2) is 0 Å². The van der Waals surface area contributed by atoms with Gasteiger partial charge in [0.05, 0.1) is 0 Å². The molecule has 0 aliphatic rings. The van der Waals surface area contributed by atoms with Gasteiger partial charge in [-0.2, -0.15) is 0 Å². The molecule has 0 spiro atoms. The second-order valence-corrected chi connectivity index (χ2v) is 1.62. The van der Waals surface area contributed by atoms with Crippen molar-refractivity contribution in [2.45, 2.75) is 6.92 Å². The Morgan fingerprint density at radius 2 is 2.25 bits per heavy atom. The van der Waals surface area contributed by atoms with Gasteiger partial charge in [-0.05, 0) is 11.5 Å². The monoisotopic (exact) mass is 133 g/mol. The molecule has 0 saturated heterocycles. The molecule has 0 saturated carbocycles. The van der Waals surface area contributed by atoms with Crippen LogP contribution in [0.15, 0.2) is 12.2 Å². The zero-order valence-electron chi connectivity index (χ0n) is 4.43. The van der Waals surface area contributed by atoms with Crippen molar-refractivity contribution in [2.75, 3.05) is 0 Å². The fourth-order valence-corrected chi connectivity index (χ4v) is 0.375. The van der Waals surface area contributed by atoms with E-state index in [0.29, 0.717) is 0 Å². The molecule has 0 aromatic heterocycles. The molecule has 0 radical (unpaired) electrons. The zero-order valence-corrected chi connectivity index (χ0v) is 5.43. The molecule has 44 valence electrons. The molecule has 1 atom stereocenters. The first-order valence-electron chi connectivity index (χ1n) is 1.92. The molecule has 1 unspecified atom stereocenters. The minimum absolute atomic E-state index is 0.258. The maximum absolute atomic E-state index is 10.2. The highest BCUT2D eigenvalue weighted by Crippen LogP contribution is 2.00. The third-order valence-corrected chi connectivity index (χ3v) is 0.752. The minimum atomic E-state index is -1.03. The number of carbonyl (C=O) groups excluding carboxylic acids is 1. The van der Waals surface area contributed by atoms with Gasteiger partial charge in [0.25, 0.3) is 0 Å². The Balaban J connectivity index is 3.65. The normalized spacial score (nSPS) is 8.62. The minimum Gasteiger partial charge on any atom is -0.241 e. The molecule has 0 bridgehead atoms. The van der Waals surface area contributed by atoms with Crippen molar-refractivity contribution in [1.29, 1.82) is 0 Å². The number of hydrogen-bond donors (Lipinski definition) is 0. The third-order valence-electron chi connectivity index (χ3n) is 0.483. The van der Waals surface area contributed by atoms with E-state index in [4.69, 9.17) is 0 Å². The summed E-state index contributed by atoms with van der Waals surface area (Å²) < 4.78 is 13.6. The van der Waals surface area contributed by atoms with Crippen LogP contribution in [-0.4, -0.2) is 5.97 Å². The molecule has 4 heteroatoms.